The number of hydrogen-bond acceptors (Lipinski definition) is 4. The average Bonchev–Trinajstić information content (AvgIpc) is 3.03. The van der Waals surface area contributed by atoms with E-state index in [1.165, 1.54) is 18.0 Å². The third kappa shape index (κ3) is 5.46. The number of thioether (sulfide) groups is 1. The minimum absolute atomic E-state index is 0.0668. The van der Waals surface area contributed by atoms with Crippen molar-refractivity contribution < 1.29 is 14.0 Å². The molecule has 1 heterocycles. The van der Waals surface area contributed by atoms with Crippen molar-refractivity contribution in [3.05, 3.63) is 53.4 Å². The van der Waals surface area contributed by atoms with Gasteiger partial charge in [-0.2, -0.15) is 0 Å². The van der Waals surface area contributed by atoms with Crippen LogP contribution < -0.4 is 10.6 Å². The van der Waals surface area contributed by atoms with Gasteiger partial charge in [-0.3, -0.25) is 9.59 Å². The van der Waals surface area contributed by atoms with Crippen molar-refractivity contribution in [3.63, 3.8) is 0 Å². The van der Waals surface area contributed by atoms with Crippen LogP contribution in [-0.4, -0.2) is 24.1 Å². The minimum atomic E-state index is -0.271. The molecule has 0 aliphatic heterocycles. The molecule has 22 heavy (non-hydrogen) atoms. The molecular weight excluding hydrogens is 324 g/mol. The van der Waals surface area contributed by atoms with Gasteiger partial charge in [-0.25, -0.2) is 0 Å². The number of furan rings is 1. The van der Waals surface area contributed by atoms with E-state index in [1.807, 2.05) is 18.2 Å². The summed E-state index contributed by atoms with van der Waals surface area (Å²) in [5.74, 6) is 0.370. The second-order valence-electron chi connectivity index (χ2n) is 4.35. The van der Waals surface area contributed by atoms with Crippen LogP contribution >= 0.6 is 23.4 Å². The molecule has 0 saturated carbocycles. The summed E-state index contributed by atoms with van der Waals surface area (Å²) in [5, 5.41) is 5.81. The van der Waals surface area contributed by atoms with Crippen LogP contribution in [0.15, 0.2) is 52.0 Å². The van der Waals surface area contributed by atoms with Gasteiger partial charge in [-0.1, -0.05) is 23.7 Å². The van der Waals surface area contributed by atoms with Crippen molar-refractivity contribution in [2.24, 2.45) is 0 Å². The highest BCUT2D eigenvalue weighted by atomic mass is 35.5. The highest BCUT2D eigenvalue weighted by molar-refractivity contribution is 8.00. The number of hydrogen-bond donors (Lipinski definition) is 2. The predicted octanol–water partition coefficient (Wildman–Crippen LogP) is 2.46. The topological polar surface area (TPSA) is 71.3 Å². The molecule has 0 radical (unpaired) electrons. The molecule has 0 fully saturated rings. The van der Waals surface area contributed by atoms with E-state index >= 15 is 0 Å². The molecule has 0 aliphatic rings. The van der Waals surface area contributed by atoms with Crippen LogP contribution in [0.4, 0.5) is 0 Å². The molecule has 5 nitrogen and oxygen atoms in total. The quantitative estimate of drug-likeness (QED) is 0.761. The molecule has 0 spiro atoms. The first-order valence-corrected chi connectivity index (χ1v) is 7.94. The van der Waals surface area contributed by atoms with Crippen molar-refractivity contribution in [3.8, 4) is 0 Å². The fourth-order valence-electron chi connectivity index (χ4n) is 1.60. The van der Waals surface area contributed by atoms with Gasteiger partial charge in [0.2, 0.25) is 11.8 Å². The molecule has 0 saturated heterocycles. The number of amides is 2. The Hall–Kier alpha value is -1.92. The summed E-state index contributed by atoms with van der Waals surface area (Å²) < 4.78 is 5.09. The fraction of sp³-hybridized carbons (Fsp3) is 0.200. The van der Waals surface area contributed by atoms with E-state index in [0.717, 1.165) is 4.90 Å². The van der Waals surface area contributed by atoms with Gasteiger partial charge in [0.15, 0.2) is 0 Å². The predicted molar refractivity (Wildman–Crippen MR) is 85.7 cm³/mol. The summed E-state index contributed by atoms with van der Waals surface area (Å²) in [6, 6.07) is 10.8. The molecule has 1 aromatic carbocycles. The smallest absolute Gasteiger partial charge is 0.239 e. The average molecular weight is 339 g/mol. The van der Waals surface area contributed by atoms with Gasteiger partial charge in [0.05, 0.1) is 30.1 Å². The lowest BCUT2D eigenvalue weighted by molar-refractivity contribution is -0.124. The van der Waals surface area contributed by atoms with E-state index in [0.29, 0.717) is 17.3 Å². The van der Waals surface area contributed by atoms with Gasteiger partial charge < -0.3 is 15.1 Å². The molecule has 0 aliphatic carbocycles. The van der Waals surface area contributed by atoms with Gasteiger partial charge in [0.25, 0.3) is 0 Å². The van der Waals surface area contributed by atoms with Gasteiger partial charge >= 0.3 is 0 Å². The standard InChI is InChI=1S/C15H15ClN2O3S/c16-12-5-1-2-6-13(12)22-10-15(20)18-9-14(19)17-8-11-4-3-7-21-11/h1-7H,8-10H2,(H,17,19)(H,18,20). The Balaban J connectivity index is 1.65. The molecule has 2 amide bonds. The molecule has 116 valence electrons. The summed E-state index contributed by atoms with van der Waals surface area (Å²) in [6.45, 7) is 0.235. The van der Waals surface area contributed by atoms with Crippen LogP contribution in [0, 0.1) is 0 Å². The van der Waals surface area contributed by atoms with E-state index in [2.05, 4.69) is 10.6 Å². The highest BCUT2D eigenvalue weighted by Crippen LogP contribution is 2.26. The van der Waals surface area contributed by atoms with Crippen molar-refractivity contribution in [1.82, 2.24) is 10.6 Å². The van der Waals surface area contributed by atoms with Crippen LogP contribution in [0.25, 0.3) is 0 Å². The Morgan fingerprint density at radius 3 is 2.64 bits per heavy atom. The summed E-state index contributed by atoms with van der Waals surface area (Å²) in [6.07, 6.45) is 1.54. The summed E-state index contributed by atoms with van der Waals surface area (Å²) in [7, 11) is 0. The van der Waals surface area contributed by atoms with E-state index < -0.39 is 0 Å². The van der Waals surface area contributed by atoms with Gasteiger partial charge in [-0.05, 0) is 24.3 Å². The molecular formula is C15H15ClN2O3S. The van der Waals surface area contributed by atoms with Crippen molar-refractivity contribution in [2.75, 3.05) is 12.3 Å². The van der Waals surface area contributed by atoms with Crippen molar-refractivity contribution in [2.45, 2.75) is 11.4 Å². The zero-order valence-electron chi connectivity index (χ0n) is 11.7. The molecule has 2 aromatic rings. The third-order valence-electron chi connectivity index (χ3n) is 2.68. The number of halogens is 1. The molecule has 0 atom stereocenters. The first-order valence-electron chi connectivity index (χ1n) is 6.58. The number of rotatable bonds is 7. The summed E-state index contributed by atoms with van der Waals surface area (Å²) in [5.41, 5.74) is 0. The molecule has 0 unspecified atom stereocenters. The maximum absolute atomic E-state index is 11.7. The second-order valence-corrected chi connectivity index (χ2v) is 5.78. The molecule has 2 N–H and O–H groups in total. The number of benzene rings is 1. The molecule has 1 aromatic heterocycles. The Kier molecular flexibility index (Phi) is 6.36. The normalized spacial score (nSPS) is 10.2. The minimum Gasteiger partial charge on any atom is -0.467 e. The lowest BCUT2D eigenvalue weighted by Gasteiger charge is -2.06. The largest absolute Gasteiger partial charge is 0.467 e. The highest BCUT2D eigenvalue weighted by Gasteiger charge is 2.08. The number of nitrogens with one attached hydrogen (secondary N) is 2. The van der Waals surface area contributed by atoms with Gasteiger partial charge in [-0.15, -0.1) is 11.8 Å². The maximum Gasteiger partial charge on any atom is 0.239 e. The Bertz CT molecular complexity index is 631. The van der Waals surface area contributed by atoms with Gasteiger partial charge in [0.1, 0.15) is 5.76 Å². The molecule has 7 heteroatoms. The lowest BCUT2D eigenvalue weighted by Crippen LogP contribution is -2.37. The van der Waals surface area contributed by atoms with Crippen LogP contribution in [0.2, 0.25) is 5.02 Å². The van der Waals surface area contributed by atoms with Crippen molar-refractivity contribution in [1.29, 1.82) is 0 Å². The maximum atomic E-state index is 11.7. The summed E-state index contributed by atoms with van der Waals surface area (Å²) >= 11 is 7.33. The lowest BCUT2D eigenvalue weighted by atomic mass is 10.4. The van der Waals surface area contributed by atoms with Gasteiger partial charge in [0, 0.05) is 4.90 Å². The molecule has 0 bridgehead atoms. The first kappa shape index (κ1) is 16.5. The van der Waals surface area contributed by atoms with E-state index in [-0.39, 0.29) is 24.1 Å². The Morgan fingerprint density at radius 2 is 1.91 bits per heavy atom. The van der Waals surface area contributed by atoms with E-state index in [4.69, 9.17) is 16.0 Å². The zero-order valence-corrected chi connectivity index (χ0v) is 13.2. The van der Waals surface area contributed by atoms with E-state index in [1.54, 1.807) is 18.2 Å². The van der Waals surface area contributed by atoms with E-state index in [9.17, 15) is 9.59 Å². The number of carbonyl (C=O) groups excluding carboxylic acids is 2. The number of carbonyl (C=O) groups is 2. The Labute approximate surface area is 137 Å². The van der Waals surface area contributed by atoms with Crippen LogP contribution in [0.1, 0.15) is 5.76 Å². The van der Waals surface area contributed by atoms with Crippen LogP contribution in [0.3, 0.4) is 0 Å². The Morgan fingerprint density at radius 1 is 1.09 bits per heavy atom. The van der Waals surface area contributed by atoms with Crippen molar-refractivity contribution >= 4 is 35.2 Å². The second kappa shape index (κ2) is 8.51. The summed E-state index contributed by atoms with van der Waals surface area (Å²) in [4.78, 5) is 24.1. The fourth-order valence-corrected chi connectivity index (χ4v) is 2.67. The first-order chi connectivity index (χ1) is 10.6. The zero-order chi connectivity index (χ0) is 15.8. The molecule has 2 rings (SSSR count). The third-order valence-corrected chi connectivity index (χ3v) is 4.20. The SMILES string of the molecule is O=C(CNC(=O)CSc1ccccc1Cl)NCc1ccco1. The van der Waals surface area contributed by atoms with Crippen LogP contribution in [-0.2, 0) is 16.1 Å². The van der Waals surface area contributed by atoms with Crippen LogP contribution in [0.5, 0.6) is 0 Å². The monoisotopic (exact) mass is 338 g/mol.